The van der Waals surface area contributed by atoms with Gasteiger partial charge < -0.3 is 15.4 Å². The van der Waals surface area contributed by atoms with Gasteiger partial charge in [0.05, 0.1) is 6.54 Å². The fraction of sp³-hybridized carbons (Fsp3) is 0.0769. The van der Waals surface area contributed by atoms with Crippen LogP contribution in [-0.4, -0.2) is 15.1 Å². The third-order valence-corrected chi connectivity index (χ3v) is 3.49. The van der Waals surface area contributed by atoms with Crippen molar-refractivity contribution in [2.24, 2.45) is 0 Å². The van der Waals surface area contributed by atoms with E-state index in [1.807, 2.05) is 12.1 Å². The van der Waals surface area contributed by atoms with Crippen LogP contribution in [0.1, 0.15) is 5.69 Å². The number of thiazole rings is 1. The largest absolute Gasteiger partial charge is 0.508 e. The summed E-state index contributed by atoms with van der Waals surface area (Å²) in [5.41, 5.74) is 0.814. The smallest absolute Gasteiger partial charge is 0.304 e. The number of hydrogen-bond donors (Lipinski definition) is 3. The van der Waals surface area contributed by atoms with Crippen molar-refractivity contribution in [3.05, 3.63) is 51.2 Å². The number of H-pyrrole nitrogens is 1. The van der Waals surface area contributed by atoms with Crippen molar-refractivity contribution in [3.63, 3.8) is 0 Å². The van der Waals surface area contributed by atoms with Gasteiger partial charge in [-0.15, -0.1) is 0 Å². The average Bonchev–Trinajstić information content (AvgIpc) is 2.82. The lowest BCUT2D eigenvalue weighted by Gasteiger charge is -2.07. The third-order valence-electron chi connectivity index (χ3n) is 2.77. The summed E-state index contributed by atoms with van der Waals surface area (Å²) in [7, 11) is 0. The second kappa shape index (κ2) is 4.74. The minimum absolute atomic E-state index is 0.0691. The van der Waals surface area contributed by atoms with E-state index in [9.17, 15) is 9.90 Å². The predicted molar refractivity (Wildman–Crippen MR) is 75.7 cm³/mol. The fourth-order valence-electron chi connectivity index (χ4n) is 1.88. The summed E-state index contributed by atoms with van der Waals surface area (Å²) < 4.78 is 0. The molecule has 2 aromatic heterocycles. The van der Waals surface area contributed by atoms with E-state index in [4.69, 9.17) is 0 Å². The molecule has 0 spiro atoms. The van der Waals surface area contributed by atoms with Crippen molar-refractivity contribution in [2.75, 3.05) is 5.32 Å². The van der Waals surface area contributed by atoms with Crippen molar-refractivity contribution >= 4 is 27.9 Å². The number of phenolic OH excluding ortho intramolecular Hbond substituents is 1. The Morgan fingerprint density at radius 1 is 1.37 bits per heavy atom. The molecule has 0 saturated carbocycles. The van der Waals surface area contributed by atoms with Crippen molar-refractivity contribution in [2.45, 2.75) is 6.54 Å². The highest BCUT2D eigenvalue weighted by Gasteiger charge is 2.04. The highest BCUT2D eigenvalue weighted by Crippen LogP contribution is 2.25. The first-order valence-corrected chi connectivity index (χ1v) is 6.58. The Hall–Kier alpha value is -2.34. The number of fused-ring (bicyclic) bond motifs is 1. The van der Waals surface area contributed by atoms with Gasteiger partial charge in [-0.1, -0.05) is 17.4 Å². The van der Waals surface area contributed by atoms with Gasteiger partial charge in [0.15, 0.2) is 0 Å². The lowest BCUT2D eigenvalue weighted by molar-refractivity contribution is 0.476. The van der Waals surface area contributed by atoms with Crippen LogP contribution in [0.5, 0.6) is 5.75 Å². The second-order valence-electron chi connectivity index (χ2n) is 4.09. The summed E-state index contributed by atoms with van der Waals surface area (Å²) >= 11 is 1.13. The normalized spacial score (nSPS) is 10.7. The van der Waals surface area contributed by atoms with Crippen molar-refractivity contribution < 1.29 is 5.11 Å². The molecule has 19 heavy (non-hydrogen) atoms. The number of anilines is 1. The van der Waals surface area contributed by atoms with E-state index in [1.54, 1.807) is 23.7 Å². The molecule has 0 aliphatic rings. The van der Waals surface area contributed by atoms with E-state index < -0.39 is 0 Å². The summed E-state index contributed by atoms with van der Waals surface area (Å²) in [5.74, 6) is 0.882. The maximum atomic E-state index is 11.0. The predicted octanol–water partition coefficient (Wildman–Crippen LogP) is 2.30. The van der Waals surface area contributed by atoms with Crippen LogP contribution in [0.2, 0.25) is 0 Å². The van der Waals surface area contributed by atoms with Gasteiger partial charge in [-0.05, 0) is 23.6 Å². The van der Waals surface area contributed by atoms with Crippen LogP contribution in [0, 0.1) is 0 Å². The summed E-state index contributed by atoms with van der Waals surface area (Å²) in [6.07, 6.45) is 1.71. The average molecular weight is 273 g/mol. The molecule has 0 aliphatic carbocycles. The van der Waals surface area contributed by atoms with Crippen molar-refractivity contribution in [3.8, 4) is 5.75 Å². The molecular formula is C13H11N3O2S. The number of nitrogens with one attached hydrogen (secondary N) is 2. The fourth-order valence-corrected chi connectivity index (χ4v) is 2.46. The van der Waals surface area contributed by atoms with Crippen LogP contribution < -0.4 is 10.2 Å². The third kappa shape index (κ3) is 2.43. The molecule has 0 bridgehead atoms. The standard InChI is InChI=1S/C13H11N3O2S/c17-10-2-1-8-3-4-14-12(11(8)5-10)15-6-9-7-19-13(18)16-9/h1-5,7,17H,6H2,(H,14,15)(H,16,18). The molecule has 96 valence electrons. The molecule has 0 saturated heterocycles. The molecule has 6 heteroatoms. The molecular weight excluding hydrogens is 262 g/mol. The Morgan fingerprint density at radius 3 is 3.05 bits per heavy atom. The first kappa shape index (κ1) is 11.7. The van der Waals surface area contributed by atoms with E-state index in [1.165, 1.54) is 0 Å². The monoisotopic (exact) mass is 273 g/mol. The molecule has 0 unspecified atom stereocenters. The summed E-state index contributed by atoms with van der Waals surface area (Å²) in [6.45, 7) is 0.487. The van der Waals surface area contributed by atoms with Crippen molar-refractivity contribution in [1.29, 1.82) is 0 Å². The SMILES string of the molecule is O=c1[nH]c(CNc2nccc3ccc(O)cc23)cs1. The number of aromatic nitrogens is 2. The summed E-state index contributed by atoms with van der Waals surface area (Å²) in [4.78, 5) is 18.0. The molecule has 0 fully saturated rings. The topological polar surface area (TPSA) is 78.0 Å². The lowest BCUT2D eigenvalue weighted by atomic mass is 10.1. The van der Waals surface area contributed by atoms with E-state index in [0.717, 1.165) is 27.8 Å². The van der Waals surface area contributed by atoms with Crippen LogP contribution in [-0.2, 0) is 6.54 Å². The summed E-state index contributed by atoms with van der Waals surface area (Å²) in [6, 6.07) is 7.03. The first-order chi connectivity index (χ1) is 9.22. The van der Waals surface area contributed by atoms with Gasteiger partial charge in [0.1, 0.15) is 11.6 Å². The van der Waals surface area contributed by atoms with Crippen LogP contribution in [0.3, 0.4) is 0 Å². The molecule has 3 rings (SSSR count). The van der Waals surface area contributed by atoms with Gasteiger partial charge in [0, 0.05) is 22.7 Å². The van der Waals surface area contributed by atoms with Crippen LogP contribution in [0.25, 0.3) is 10.8 Å². The number of nitrogens with zero attached hydrogens (tertiary/aromatic N) is 1. The number of rotatable bonds is 3. The molecule has 0 amide bonds. The molecule has 0 aliphatic heterocycles. The van der Waals surface area contributed by atoms with Gasteiger partial charge in [-0.25, -0.2) is 4.98 Å². The Kier molecular flexibility index (Phi) is 2.92. The Labute approximate surface area is 112 Å². The van der Waals surface area contributed by atoms with Gasteiger partial charge in [0.25, 0.3) is 0 Å². The van der Waals surface area contributed by atoms with E-state index >= 15 is 0 Å². The number of aromatic hydroxyl groups is 1. The lowest BCUT2D eigenvalue weighted by Crippen LogP contribution is -2.04. The van der Waals surface area contributed by atoms with Gasteiger partial charge >= 0.3 is 4.87 Å². The van der Waals surface area contributed by atoms with Crippen LogP contribution in [0.15, 0.2) is 40.6 Å². The maximum Gasteiger partial charge on any atom is 0.304 e. The number of hydrogen-bond acceptors (Lipinski definition) is 5. The number of aromatic amines is 1. The molecule has 0 radical (unpaired) electrons. The second-order valence-corrected chi connectivity index (χ2v) is 4.93. The van der Waals surface area contributed by atoms with E-state index in [-0.39, 0.29) is 10.6 Å². The number of benzene rings is 1. The zero-order valence-electron chi connectivity index (χ0n) is 9.88. The van der Waals surface area contributed by atoms with Gasteiger partial charge in [0.2, 0.25) is 0 Å². The molecule has 1 aromatic carbocycles. The maximum absolute atomic E-state index is 11.0. The van der Waals surface area contributed by atoms with Crippen molar-refractivity contribution in [1.82, 2.24) is 9.97 Å². The summed E-state index contributed by atoms with van der Waals surface area (Å²) in [5, 5.41) is 16.3. The van der Waals surface area contributed by atoms with Gasteiger partial charge in [-0.2, -0.15) is 0 Å². The van der Waals surface area contributed by atoms with Crippen LogP contribution >= 0.6 is 11.3 Å². The minimum Gasteiger partial charge on any atom is -0.508 e. The van der Waals surface area contributed by atoms with Crippen LogP contribution in [0.4, 0.5) is 5.82 Å². The number of pyridine rings is 1. The molecule has 5 nitrogen and oxygen atoms in total. The zero-order chi connectivity index (χ0) is 13.2. The quantitative estimate of drug-likeness (QED) is 0.684. The molecule has 3 aromatic rings. The zero-order valence-corrected chi connectivity index (χ0v) is 10.7. The first-order valence-electron chi connectivity index (χ1n) is 5.71. The minimum atomic E-state index is -0.0691. The van der Waals surface area contributed by atoms with E-state index in [2.05, 4.69) is 15.3 Å². The molecule has 0 atom stereocenters. The molecule has 3 N–H and O–H groups in total. The van der Waals surface area contributed by atoms with E-state index in [0.29, 0.717) is 12.4 Å². The molecule has 2 heterocycles. The Morgan fingerprint density at radius 2 is 2.26 bits per heavy atom. The highest BCUT2D eigenvalue weighted by molar-refractivity contribution is 7.07. The highest BCUT2D eigenvalue weighted by atomic mass is 32.1. The van der Waals surface area contributed by atoms with Gasteiger partial charge in [-0.3, -0.25) is 4.79 Å². The Balaban J connectivity index is 1.92. The Bertz CT molecular complexity index is 779. The number of phenols is 1.